The maximum Gasteiger partial charge on any atom is 0.415 e. The number of rotatable bonds is 5. The molecule has 0 aromatic carbocycles. The van der Waals surface area contributed by atoms with Crippen molar-refractivity contribution < 1.29 is 19.2 Å². The van der Waals surface area contributed by atoms with Gasteiger partial charge in [0.05, 0.1) is 12.2 Å². The van der Waals surface area contributed by atoms with Gasteiger partial charge < -0.3 is 4.74 Å². The number of alkyl carbamates (subject to hydrolysis) is 1. The van der Waals surface area contributed by atoms with Crippen LogP contribution in [0.25, 0.3) is 0 Å². The van der Waals surface area contributed by atoms with Gasteiger partial charge in [0, 0.05) is 6.54 Å². The summed E-state index contributed by atoms with van der Waals surface area (Å²) in [6.45, 7) is 9.86. The minimum Gasteiger partial charge on any atom is -0.449 e. The second kappa shape index (κ2) is 7.92. The molecule has 0 unspecified atom stereocenters. The van der Waals surface area contributed by atoms with Crippen LogP contribution in [0.4, 0.5) is 9.59 Å². The quantitative estimate of drug-likeness (QED) is 0.609. The van der Waals surface area contributed by atoms with Crippen LogP contribution in [0.3, 0.4) is 0 Å². The number of nitrogens with zero attached hydrogens (tertiary/aromatic N) is 1. The Labute approximate surface area is 109 Å². The number of carbonyl (C=O) groups is 2. The third kappa shape index (κ3) is 7.89. The fraction of sp³-hybridized carbons (Fsp3) is 0.833. The van der Waals surface area contributed by atoms with Crippen molar-refractivity contribution in [2.24, 2.45) is 0 Å². The Kier molecular flexibility index (Phi) is 7.35. The third-order valence-electron chi connectivity index (χ3n) is 1.84. The van der Waals surface area contributed by atoms with Gasteiger partial charge in [0.1, 0.15) is 0 Å². The normalized spacial score (nSPS) is 10.9. The zero-order valence-electron chi connectivity index (χ0n) is 11.9. The summed E-state index contributed by atoms with van der Waals surface area (Å²) < 4.78 is 4.82. The number of nitrogens with one attached hydrogen (secondary N) is 1. The molecule has 0 bridgehead atoms. The molecule has 106 valence electrons. The van der Waals surface area contributed by atoms with E-state index in [1.165, 1.54) is 0 Å². The summed E-state index contributed by atoms with van der Waals surface area (Å²) in [4.78, 5) is 28.4. The highest BCUT2D eigenvalue weighted by Gasteiger charge is 2.22. The first-order valence-electron chi connectivity index (χ1n) is 6.24. The van der Waals surface area contributed by atoms with E-state index < -0.39 is 17.7 Å². The molecule has 0 fully saturated rings. The molecule has 0 aromatic rings. The molecule has 6 nitrogen and oxygen atoms in total. The number of carbonyl (C=O) groups excluding carboxylic acids is 2. The minimum atomic E-state index is -0.746. The van der Waals surface area contributed by atoms with Gasteiger partial charge >= 0.3 is 12.1 Å². The van der Waals surface area contributed by atoms with E-state index in [1.54, 1.807) is 6.92 Å². The summed E-state index contributed by atoms with van der Waals surface area (Å²) >= 11 is 0. The maximum atomic E-state index is 11.7. The predicted molar refractivity (Wildman–Crippen MR) is 68.0 cm³/mol. The van der Waals surface area contributed by atoms with Gasteiger partial charge in [-0.05, 0) is 34.1 Å². The number of unbranched alkanes of at least 4 members (excludes halogenated alkanes) is 1. The molecule has 3 amide bonds. The number of imide groups is 1. The molecule has 0 rings (SSSR count). The number of hydrogen-bond acceptors (Lipinski definition) is 4. The van der Waals surface area contributed by atoms with Gasteiger partial charge in [-0.15, -0.1) is 0 Å². The fourth-order valence-electron chi connectivity index (χ4n) is 1.08. The van der Waals surface area contributed by atoms with Crippen LogP contribution < -0.4 is 5.32 Å². The molecule has 0 aliphatic carbocycles. The van der Waals surface area contributed by atoms with Crippen molar-refractivity contribution in [2.45, 2.75) is 53.1 Å². The highest BCUT2D eigenvalue weighted by atomic mass is 16.7. The smallest absolute Gasteiger partial charge is 0.415 e. The lowest BCUT2D eigenvalue weighted by Crippen LogP contribution is -2.46. The summed E-state index contributed by atoms with van der Waals surface area (Å²) in [5.41, 5.74) is -0.501. The van der Waals surface area contributed by atoms with Crippen molar-refractivity contribution in [3.05, 3.63) is 0 Å². The van der Waals surface area contributed by atoms with Crippen molar-refractivity contribution in [1.29, 1.82) is 0 Å². The van der Waals surface area contributed by atoms with Crippen LogP contribution in [-0.4, -0.2) is 35.9 Å². The van der Waals surface area contributed by atoms with E-state index in [4.69, 9.17) is 9.57 Å². The third-order valence-corrected chi connectivity index (χ3v) is 1.84. The first kappa shape index (κ1) is 16.7. The van der Waals surface area contributed by atoms with E-state index in [9.17, 15) is 9.59 Å². The SMILES string of the molecule is CCCCOC(=O)NC(=O)N(CC)OC(C)(C)C. The number of hydroxylamine groups is 2. The van der Waals surface area contributed by atoms with Gasteiger partial charge in [0.2, 0.25) is 0 Å². The molecule has 1 N–H and O–H groups in total. The summed E-state index contributed by atoms with van der Waals surface area (Å²) in [5.74, 6) is 0. The van der Waals surface area contributed by atoms with Gasteiger partial charge in [0.15, 0.2) is 0 Å². The Bertz CT molecular complexity index is 274. The molecule has 18 heavy (non-hydrogen) atoms. The van der Waals surface area contributed by atoms with Crippen molar-refractivity contribution >= 4 is 12.1 Å². The maximum absolute atomic E-state index is 11.7. The standard InChI is InChI=1S/C12H24N2O4/c1-6-8-9-17-11(16)13-10(15)14(7-2)18-12(3,4)5/h6-9H2,1-5H3,(H,13,15,16). The monoisotopic (exact) mass is 260 g/mol. The van der Waals surface area contributed by atoms with Crippen LogP contribution in [0.5, 0.6) is 0 Å². The van der Waals surface area contributed by atoms with Crippen LogP contribution in [0.2, 0.25) is 0 Å². The second-order valence-corrected chi connectivity index (χ2v) is 4.82. The summed E-state index contributed by atoms with van der Waals surface area (Å²) in [6.07, 6.45) is 0.956. The first-order chi connectivity index (χ1) is 8.30. The van der Waals surface area contributed by atoms with Gasteiger partial charge in [-0.2, -0.15) is 0 Å². The molecule has 0 aliphatic heterocycles. The lowest BCUT2D eigenvalue weighted by atomic mass is 10.2. The Morgan fingerprint density at radius 3 is 2.28 bits per heavy atom. The van der Waals surface area contributed by atoms with Crippen molar-refractivity contribution in [3.63, 3.8) is 0 Å². The van der Waals surface area contributed by atoms with Gasteiger partial charge in [-0.3, -0.25) is 4.84 Å². The van der Waals surface area contributed by atoms with Crippen LogP contribution in [0, 0.1) is 0 Å². The lowest BCUT2D eigenvalue weighted by molar-refractivity contribution is -0.190. The summed E-state index contributed by atoms with van der Waals surface area (Å²) in [5, 5.41) is 3.21. The predicted octanol–water partition coefficient (Wildman–Crippen LogP) is 2.68. The number of ether oxygens (including phenoxy) is 1. The van der Waals surface area contributed by atoms with Crippen molar-refractivity contribution in [2.75, 3.05) is 13.2 Å². The van der Waals surface area contributed by atoms with Crippen LogP contribution >= 0.6 is 0 Å². The highest BCUT2D eigenvalue weighted by Crippen LogP contribution is 2.10. The minimum absolute atomic E-state index is 0.307. The molecule has 6 heteroatoms. The fourth-order valence-corrected chi connectivity index (χ4v) is 1.08. The highest BCUT2D eigenvalue weighted by molar-refractivity contribution is 5.90. The second-order valence-electron chi connectivity index (χ2n) is 4.82. The summed E-state index contributed by atoms with van der Waals surface area (Å²) in [6, 6.07) is -0.617. The molecule has 0 aromatic heterocycles. The van der Waals surface area contributed by atoms with Gasteiger partial charge in [-0.25, -0.2) is 20.0 Å². The molecule has 0 saturated heterocycles. The molecule has 0 heterocycles. The van der Waals surface area contributed by atoms with Gasteiger partial charge in [-0.1, -0.05) is 13.3 Å². The van der Waals surface area contributed by atoms with Crippen LogP contribution in [-0.2, 0) is 9.57 Å². The zero-order chi connectivity index (χ0) is 14.2. The van der Waals surface area contributed by atoms with E-state index >= 15 is 0 Å². The van der Waals surface area contributed by atoms with E-state index in [2.05, 4.69) is 5.32 Å². The largest absolute Gasteiger partial charge is 0.449 e. The molecule has 0 saturated carbocycles. The Morgan fingerprint density at radius 1 is 1.22 bits per heavy atom. The average Bonchev–Trinajstić information content (AvgIpc) is 2.24. The Balaban J connectivity index is 4.15. The number of hydrogen-bond donors (Lipinski definition) is 1. The van der Waals surface area contributed by atoms with Crippen molar-refractivity contribution in [1.82, 2.24) is 10.4 Å². The topological polar surface area (TPSA) is 67.9 Å². The molecule has 0 aliphatic rings. The van der Waals surface area contributed by atoms with Crippen molar-refractivity contribution in [3.8, 4) is 0 Å². The molecular weight excluding hydrogens is 236 g/mol. The molecule has 0 radical (unpaired) electrons. The molecule has 0 atom stereocenters. The molecule has 0 spiro atoms. The van der Waals surface area contributed by atoms with E-state index in [0.29, 0.717) is 13.2 Å². The zero-order valence-corrected chi connectivity index (χ0v) is 11.9. The van der Waals surface area contributed by atoms with E-state index in [-0.39, 0.29) is 0 Å². The number of amides is 3. The summed E-state index contributed by atoms with van der Waals surface area (Å²) in [7, 11) is 0. The van der Waals surface area contributed by atoms with E-state index in [1.807, 2.05) is 27.7 Å². The molecular formula is C12H24N2O4. The van der Waals surface area contributed by atoms with Crippen LogP contribution in [0.1, 0.15) is 47.5 Å². The van der Waals surface area contributed by atoms with Crippen LogP contribution in [0.15, 0.2) is 0 Å². The average molecular weight is 260 g/mol. The Morgan fingerprint density at radius 2 is 1.83 bits per heavy atom. The number of urea groups is 1. The lowest BCUT2D eigenvalue weighted by Gasteiger charge is -2.28. The van der Waals surface area contributed by atoms with Gasteiger partial charge in [0.25, 0.3) is 0 Å². The Hall–Kier alpha value is -1.30. The van der Waals surface area contributed by atoms with E-state index in [0.717, 1.165) is 17.9 Å². The first-order valence-corrected chi connectivity index (χ1v) is 6.24.